The fraction of sp³-hybridized carbons (Fsp3) is 0.529. The second-order valence-electron chi connectivity index (χ2n) is 5.66. The van der Waals surface area contributed by atoms with Crippen LogP contribution in [0.3, 0.4) is 0 Å². The Balaban J connectivity index is 2.00. The van der Waals surface area contributed by atoms with Crippen molar-refractivity contribution in [2.24, 2.45) is 0 Å². The third kappa shape index (κ3) is 3.06. The van der Waals surface area contributed by atoms with Crippen LogP contribution < -0.4 is 0 Å². The highest BCUT2D eigenvalue weighted by atomic mass is 32.1. The zero-order chi connectivity index (χ0) is 17.1. The number of aromatic nitrogens is 1. The number of hydrogen-bond donors (Lipinski definition) is 0. The van der Waals surface area contributed by atoms with Crippen molar-refractivity contribution >= 4 is 33.4 Å². The highest BCUT2D eigenvalue weighted by Crippen LogP contribution is 2.31. The second-order valence-corrected chi connectivity index (χ2v) is 6.56. The first-order chi connectivity index (χ1) is 11.7. The number of fused-ring (bicyclic) bond motifs is 1. The summed E-state index contributed by atoms with van der Waals surface area (Å²) in [6.45, 7) is 6.38. The first kappa shape index (κ1) is 17.0. The summed E-state index contributed by atoms with van der Waals surface area (Å²) in [6.07, 6.45) is 0.615. The predicted molar refractivity (Wildman–Crippen MR) is 92.5 cm³/mol. The monoisotopic (exact) mass is 350 g/mol. The Labute approximate surface area is 144 Å². The van der Waals surface area contributed by atoms with Crippen molar-refractivity contribution in [3.05, 3.63) is 23.2 Å². The third-order valence-electron chi connectivity index (χ3n) is 4.24. The van der Waals surface area contributed by atoms with E-state index in [1.165, 1.54) is 11.3 Å². The number of carbonyl (C=O) groups is 2. The van der Waals surface area contributed by atoms with Gasteiger partial charge in [0, 0.05) is 18.5 Å². The molecule has 1 saturated heterocycles. The molecule has 0 bridgehead atoms. The van der Waals surface area contributed by atoms with Gasteiger partial charge in [0.1, 0.15) is 16.6 Å². The maximum atomic E-state index is 13.0. The summed E-state index contributed by atoms with van der Waals surface area (Å²) in [5, 5.41) is 2.94. The van der Waals surface area contributed by atoms with Gasteiger partial charge in [0.05, 0.1) is 19.8 Å². The highest BCUT2D eigenvalue weighted by molar-refractivity contribution is 7.16. The molecule has 3 heterocycles. The number of morpholine rings is 1. The molecule has 1 aliphatic heterocycles. The van der Waals surface area contributed by atoms with Crippen molar-refractivity contribution in [2.75, 3.05) is 32.9 Å². The minimum atomic E-state index is -0.404. The summed E-state index contributed by atoms with van der Waals surface area (Å²) < 4.78 is 12.4. The molecule has 7 heteroatoms. The van der Waals surface area contributed by atoms with Crippen LogP contribution in [-0.2, 0) is 14.3 Å². The number of hydrogen-bond acceptors (Lipinski definition) is 5. The molecule has 1 unspecified atom stereocenters. The first-order valence-corrected chi connectivity index (χ1v) is 9.17. The van der Waals surface area contributed by atoms with Gasteiger partial charge in [-0.15, -0.1) is 11.3 Å². The van der Waals surface area contributed by atoms with E-state index in [-0.39, 0.29) is 11.9 Å². The molecule has 130 valence electrons. The number of carbonyl (C=O) groups excluding carboxylic acids is 2. The Morgan fingerprint density at radius 2 is 2.08 bits per heavy atom. The molecule has 0 aliphatic carbocycles. The fourth-order valence-corrected chi connectivity index (χ4v) is 4.02. The first-order valence-electron chi connectivity index (χ1n) is 8.29. The van der Waals surface area contributed by atoms with Crippen molar-refractivity contribution < 1.29 is 19.1 Å². The summed E-state index contributed by atoms with van der Waals surface area (Å²) in [7, 11) is 0. The van der Waals surface area contributed by atoms with Gasteiger partial charge in [-0.3, -0.25) is 4.79 Å². The predicted octanol–water partition coefficient (Wildman–Crippen LogP) is 2.69. The van der Waals surface area contributed by atoms with Gasteiger partial charge in [-0.25, -0.2) is 4.79 Å². The molecule has 0 N–H and O–H groups in total. The average molecular weight is 350 g/mol. The molecule has 0 aromatic carbocycles. The highest BCUT2D eigenvalue weighted by Gasteiger charge is 2.30. The van der Waals surface area contributed by atoms with Crippen LogP contribution in [0.5, 0.6) is 0 Å². The van der Waals surface area contributed by atoms with E-state index in [9.17, 15) is 9.59 Å². The van der Waals surface area contributed by atoms with Crippen molar-refractivity contribution in [3.8, 4) is 0 Å². The molecule has 0 spiro atoms. The molecule has 1 amide bonds. The molecular weight excluding hydrogens is 328 g/mol. The maximum Gasteiger partial charge on any atom is 0.355 e. The molecule has 1 fully saturated rings. The molecule has 3 rings (SSSR count). The van der Waals surface area contributed by atoms with E-state index < -0.39 is 6.04 Å². The van der Waals surface area contributed by atoms with Gasteiger partial charge in [0.25, 0.3) is 0 Å². The largest absolute Gasteiger partial charge is 0.461 e. The van der Waals surface area contributed by atoms with E-state index >= 15 is 0 Å². The van der Waals surface area contributed by atoms with E-state index in [4.69, 9.17) is 9.47 Å². The topological polar surface area (TPSA) is 60.8 Å². The zero-order valence-corrected chi connectivity index (χ0v) is 14.8. The summed E-state index contributed by atoms with van der Waals surface area (Å²) in [5.74, 6) is -0.341. The Morgan fingerprint density at radius 3 is 2.75 bits per heavy atom. The molecule has 0 radical (unpaired) electrons. The zero-order valence-electron chi connectivity index (χ0n) is 14.0. The van der Waals surface area contributed by atoms with Crippen LogP contribution in [0.25, 0.3) is 10.2 Å². The van der Waals surface area contributed by atoms with Gasteiger partial charge in [-0.05, 0) is 30.9 Å². The molecular formula is C17H22N2O4S. The van der Waals surface area contributed by atoms with Crippen LogP contribution in [0.4, 0.5) is 0 Å². The van der Waals surface area contributed by atoms with Crippen LogP contribution in [0.1, 0.15) is 36.8 Å². The van der Waals surface area contributed by atoms with Crippen molar-refractivity contribution in [1.82, 2.24) is 9.47 Å². The van der Waals surface area contributed by atoms with Gasteiger partial charge in [0.15, 0.2) is 0 Å². The molecule has 2 aromatic rings. The molecule has 1 atom stereocenters. The maximum absolute atomic E-state index is 13.0. The number of rotatable bonds is 5. The Hall–Kier alpha value is -1.86. The SMILES string of the molecule is CCOC(=O)c1cc2ccsc2n1C(CC)C(=O)N1CCOCC1. The van der Waals surface area contributed by atoms with Gasteiger partial charge in [0.2, 0.25) is 5.91 Å². The number of nitrogens with zero attached hydrogens (tertiary/aromatic N) is 2. The van der Waals surface area contributed by atoms with Crippen LogP contribution in [0.2, 0.25) is 0 Å². The van der Waals surface area contributed by atoms with Crippen molar-refractivity contribution in [2.45, 2.75) is 26.3 Å². The lowest BCUT2D eigenvalue weighted by Gasteiger charge is -2.31. The Morgan fingerprint density at radius 1 is 1.33 bits per heavy atom. The van der Waals surface area contributed by atoms with Gasteiger partial charge < -0.3 is 18.9 Å². The number of amides is 1. The van der Waals surface area contributed by atoms with Crippen LogP contribution in [0, 0.1) is 0 Å². The van der Waals surface area contributed by atoms with E-state index in [0.717, 1.165) is 10.2 Å². The molecule has 1 aliphatic rings. The van der Waals surface area contributed by atoms with Crippen LogP contribution >= 0.6 is 11.3 Å². The minimum Gasteiger partial charge on any atom is -0.461 e. The Kier molecular flexibility index (Phi) is 5.20. The molecule has 24 heavy (non-hydrogen) atoms. The molecule has 0 saturated carbocycles. The number of thiophene rings is 1. The van der Waals surface area contributed by atoms with Crippen LogP contribution in [-0.4, -0.2) is 54.3 Å². The average Bonchev–Trinajstić information content (AvgIpc) is 3.18. The van der Waals surface area contributed by atoms with Gasteiger partial charge in [-0.2, -0.15) is 0 Å². The Bertz CT molecular complexity index is 730. The smallest absolute Gasteiger partial charge is 0.355 e. The number of esters is 1. The summed E-state index contributed by atoms with van der Waals surface area (Å²) in [4.78, 5) is 28.2. The lowest BCUT2D eigenvalue weighted by molar-refractivity contribution is -0.138. The summed E-state index contributed by atoms with van der Waals surface area (Å²) in [5.41, 5.74) is 0.451. The quantitative estimate of drug-likeness (QED) is 0.778. The standard InChI is InChI=1S/C17H22N2O4S/c1-3-13(15(20)18-6-8-22-9-7-18)19-14(17(21)23-4-2)11-12-5-10-24-16(12)19/h5,10-11,13H,3-4,6-9H2,1-2H3. The third-order valence-corrected chi connectivity index (χ3v) is 5.16. The molecule has 2 aromatic heterocycles. The van der Waals surface area contributed by atoms with E-state index in [1.807, 2.05) is 33.9 Å². The van der Waals surface area contributed by atoms with Crippen molar-refractivity contribution in [3.63, 3.8) is 0 Å². The summed E-state index contributed by atoms with van der Waals surface area (Å²) in [6, 6.07) is 3.38. The molecule has 6 nitrogen and oxygen atoms in total. The number of ether oxygens (including phenoxy) is 2. The van der Waals surface area contributed by atoms with E-state index in [0.29, 0.717) is 45.0 Å². The van der Waals surface area contributed by atoms with E-state index in [2.05, 4.69) is 0 Å². The normalized spacial score (nSPS) is 16.3. The lowest BCUT2D eigenvalue weighted by atomic mass is 10.1. The van der Waals surface area contributed by atoms with Crippen molar-refractivity contribution in [1.29, 1.82) is 0 Å². The van der Waals surface area contributed by atoms with E-state index in [1.54, 1.807) is 6.92 Å². The van der Waals surface area contributed by atoms with Crippen LogP contribution in [0.15, 0.2) is 17.5 Å². The van der Waals surface area contributed by atoms with Gasteiger partial charge >= 0.3 is 5.97 Å². The second kappa shape index (κ2) is 7.36. The lowest BCUT2D eigenvalue weighted by Crippen LogP contribution is -2.44. The fourth-order valence-electron chi connectivity index (χ4n) is 3.08. The minimum absolute atomic E-state index is 0.0391. The summed E-state index contributed by atoms with van der Waals surface area (Å²) >= 11 is 1.54. The van der Waals surface area contributed by atoms with Gasteiger partial charge in [-0.1, -0.05) is 6.92 Å².